The number of benzene rings is 1. The lowest BCUT2D eigenvalue weighted by atomic mass is 10.2. The van der Waals surface area contributed by atoms with Gasteiger partial charge in [0, 0.05) is 10.7 Å². The van der Waals surface area contributed by atoms with Crippen molar-refractivity contribution in [3.8, 4) is 0 Å². The van der Waals surface area contributed by atoms with Crippen molar-refractivity contribution >= 4 is 54.8 Å². The van der Waals surface area contributed by atoms with Crippen molar-refractivity contribution in [3.05, 3.63) is 50.7 Å². The molecule has 20 heavy (non-hydrogen) atoms. The number of sulfonamides is 1. The first kappa shape index (κ1) is 15.6. The van der Waals surface area contributed by atoms with Crippen LogP contribution in [0.15, 0.2) is 39.8 Å². The normalized spacial score (nSPS) is 11.4. The van der Waals surface area contributed by atoms with E-state index in [1.54, 1.807) is 12.1 Å². The monoisotopic (exact) mass is 394 g/mol. The predicted molar refractivity (Wildman–Crippen MR) is 83.9 cm³/mol. The molecular formula is C12H9BrCl2N2O2S. The van der Waals surface area contributed by atoms with Crippen molar-refractivity contribution in [2.75, 3.05) is 4.72 Å². The fourth-order valence-electron chi connectivity index (χ4n) is 1.48. The number of nitrogens with zero attached hydrogens (tertiary/aromatic N) is 1. The van der Waals surface area contributed by atoms with Gasteiger partial charge in [-0.05, 0) is 40.5 Å². The summed E-state index contributed by atoms with van der Waals surface area (Å²) in [5.74, 6) is 0. The Bertz CT molecular complexity index is 766. The number of rotatable bonds is 3. The molecule has 0 saturated heterocycles. The maximum absolute atomic E-state index is 12.3. The lowest BCUT2D eigenvalue weighted by Gasteiger charge is -2.11. The van der Waals surface area contributed by atoms with E-state index in [1.807, 2.05) is 13.0 Å². The molecule has 1 aromatic carbocycles. The minimum Gasteiger partial charge on any atom is -0.278 e. The Labute approximate surface area is 135 Å². The molecule has 0 saturated carbocycles. The van der Waals surface area contributed by atoms with Crippen LogP contribution in [0.25, 0.3) is 0 Å². The third-order valence-electron chi connectivity index (χ3n) is 2.52. The average Bonchev–Trinajstić information content (AvgIpc) is 2.38. The Morgan fingerprint density at radius 1 is 1.30 bits per heavy atom. The second kappa shape index (κ2) is 5.89. The van der Waals surface area contributed by atoms with Crippen molar-refractivity contribution in [1.29, 1.82) is 0 Å². The second-order valence-corrected chi connectivity index (χ2v) is 7.23. The molecule has 0 spiro atoms. The summed E-state index contributed by atoms with van der Waals surface area (Å²) in [6.07, 6.45) is 1.15. The fraction of sp³-hybridized carbons (Fsp3) is 0.0833. The Kier molecular flexibility index (Phi) is 4.59. The van der Waals surface area contributed by atoms with Gasteiger partial charge in [0.15, 0.2) is 0 Å². The summed E-state index contributed by atoms with van der Waals surface area (Å²) in [6, 6.07) is 6.52. The van der Waals surface area contributed by atoms with E-state index in [2.05, 4.69) is 25.6 Å². The van der Waals surface area contributed by atoms with Crippen molar-refractivity contribution < 1.29 is 8.42 Å². The summed E-state index contributed by atoms with van der Waals surface area (Å²) in [5.41, 5.74) is 1.36. The number of halogens is 3. The molecular weight excluding hydrogens is 387 g/mol. The van der Waals surface area contributed by atoms with Gasteiger partial charge in [0.05, 0.1) is 10.7 Å². The van der Waals surface area contributed by atoms with Crippen LogP contribution in [0.3, 0.4) is 0 Å². The molecule has 0 radical (unpaired) electrons. The van der Waals surface area contributed by atoms with Gasteiger partial charge in [-0.2, -0.15) is 0 Å². The highest BCUT2D eigenvalue weighted by Gasteiger charge is 2.18. The molecule has 1 N–H and O–H groups in total. The van der Waals surface area contributed by atoms with Crippen LogP contribution in [-0.4, -0.2) is 13.4 Å². The standard InChI is InChI=1S/C12H9BrCl2N2O2S/c1-7-3-2-4-10(11(7)13)17-20(18,19)8-5-9(14)12(15)16-6-8/h2-6,17H,1H3. The number of anilines is 1. The number of pyridine rings is 1. The van der Waals surface area contributed by atoms with Gasteiger partial charge in [0.1, 0.15) is 10.0 Å². The van der Waals surface area contributed by atoms with Crippen LogP contribution in [-0.2, 0) is 10.0 Å². The zero-order chi connectivity index (χ0) is 14.9. The predicted octanol–water partition coefficient (Wildman–Crippen LogP) is 4.26. The number of hydrogen-bond acceptors (Lipinski definition) is 3. The Balaban J connectivity index is 2.41. The van der Waals surface area contributed by atoms with E-state index in [-0.39, 0.29) is 15.1 Å². The van der Waals surface area contributed by atoms with Gasteiger partial charge in [-0.25, -0.2) is 13.4 Å². The highest BCUT2D eigenvalue weighted by Crippen LogP contribution is 2.29. The second-order valence-electron chi connectivity index (χ2n) is 3.99. The van der Waals surface area contributed by atoms with Crippen molar-refractivity contribution in [3.63, 3.8) is 0 Å². The number of hydrogen-bond donors (Lipinski definition) is 1. The van der Waals surface area contributed by atoms with E-state index < -0.39 is 10.0 Å². The molecule has 0 bridgehead atoms. The number of nitrogens with one attached hydrogen (secondary N) is 1. The summed E-state index contributed by atoms with van der Waals surface area (Å²) < 4.78 is 27.7. The number of aryl methyl sites for hydroxylation is 1. The molecule has 0 aliphatic rings. The highest BCUT2D eigenvalue weighted by molar-refractivity contribution is 9.10. The molecule has 2 rings (SSSR count). The maximum atomic E-state index is 12.3. The third kappa shape index (κ3) is 3.25. The molecule has 0 atom stereocenters. The van der Waals surface area contributed by atoms with Crippen LogP contribution in [0.2, 0.25) is 10.2 Å². The van der Waals surface area contributed by atoms with Gasteiger partial charge < -0.3 is 0 Å². The molecule has 4 nitrogen and oxygen atoms in total. The molecule has 0 aliphatic heterocycles. The average molecular weight is 396 g/mol. The van der Waals surface area contributed by atoms with Crippen LogP contribution >= 0.6 is 39.1 Å². The smallest absolute Gasteiger partial charge is 0.263 e. The highest BCUT2D eigenvalue weighted by atomic mass is 79.9. The summed E-state index contributed by atoms with van der Waals surface area (Å²) in [7, 11) is -3.78. The SMILES string of the molecule is Cc1cccc(NS(=O)(=O)c2cnc(Cl)c(Cl)c2)c1Br. The van der Waals surface area contributed by atoms with Crippen molar-refractivity contribution in [1.82, 2.24) is 4.98 Å². The topological polar surface area (TPSA) is 59.1 Å². The van der Waals surface area contributed by atoms with E-state index in [4.69, 9.17) is 23.2 Å². The molecule has 1 aromatic heterocycles. The lowest BCUT2D eigenvalue weighted by molar-refractivity contribution is 0.601. The van der Waals surface area contributed by atoms with E-state index >= 15 is 0 Å². The zero-order valence-electron chi connectivity index (χ0n) is 10.2. The molecule has 106 valence electrons. The van der Waals surface area contributed by atoms with Gasteiger partial charge in [-0.15, -0.1) is 0 Å². The summed E-state index contributed by atoms with van der Waals surface area (Å²) >= 11 is 14.8. The Morgan fingerprint density at radius 3 is 2.65 bits per heavy atom. The summed E-state index contributed by atoms with van der Waals surface area (Å²) in [5, 5.41) is 0.139. The molecule has 2 aromatic rings. The minimum absolute atomic E-state index is 0.0553. The quantitative estimate of drug-likeness (QED) is 0.789. The van der Waals surface area contributed by atoms with Gasteiger partial charge >= 0.3 is 0 Å². The number of aromatic nitrogens is 1. The van der Waals surface area contributed by atoms with Crippen LogP contribution in [0.4, 0.5) is 5.69 Å². The van der Waals surface area contributed by atoms with Gasteiger partial charge in [-0.1, -0.05) is 35.3 Å². The first-order valence-corrected chi connectivity index (χ1v) is 8.43. The first-order chi connectivity index (χ1) is 9.31. The summed E-state index contributed by atoms with van der Waals surface area (Å²) in [4.78, 5) is 3.67. The third-order valence-corrected chi connectivity index (χ3v) is 5.59. The maximum Gasteiger partial charge on any atom is 0.263 e. The lowest BCUT2D eigenvalue weighted by Crippen LogP contribution is -2.13. The molecule has 0 amide bonds. The van der Waals surface area contributed by atoms with Crippen LogP contribution < -0.4 is 4.72 Å². The Morgan fingerprint density at radius 2 is 2.00 bits per heavy atom. The zero-order valence-corrected chi connectivity index (χ0v) is 14.1. The summed E-state index contributed by atoms with van der Waals surface area (Å²) in [6.45, 7) is 1.86. The molecule has 0 fully saturated rings. The van der Waals surface area contributed by atoms with Crippen LogP contribution in [0.1, 0.15) is 5.56 Å². The fourth-order valence-corrected chi connectivity index (χ4v) is 3.35. The minimum atomic E-state index is -3.78. The van der Waals surface area contributed by atoms with E-state index in [9.17, 15) is 8.42 Å². The van der Waals surface area contributed by atoms with Crippen LogP contribution in [0.5, 0.6) is 0 Å². The largest absolute Gasteiger partial charge is 0.278 e. The van der Waals surface area contributed by atoms with Gasteiger partial charge in [0.2, 0.25) is 0 Å². The molecule has 8 heteroatoms. The van der Waals surface area contributed by atoms with E-state index in [0.29, 0.717) is 10.2 Å². The molecule has 1 heterocycles. The van der Waals surface area contributed by atoms with Crippen molar-refractivity contribution in [2.45, 2.75) is 11.8 Å². The first-order valence-electron chi connectivity index (χ1n) is 5.40. The van der Waals surface area contributed by atoms with Gasteiger partial charge in [0.25, 0.3) is 10.0 Å². The van der Waals surface area contributed by atoms with Crippen LogP contribution in [0, 0.1) is 6.92 Å². The Hall–Kier alpha value is -0.820. The van der Waals surface area contributed by atoms with E-state index in [0.717, 1.165) is 11.8 Å². The van der Waals surface area contributed by atoms with E-state index in [1.165, 1.54) is 6.07 Å². The van der Waals surface area contributed by atoms with Gasteiger partial charge in [-0.3, -0.25) is 4.72 Å². The van der Waals surface area contributed by atoms with Crippen molar-refractivity contribution in [2.24, 2.45) is 0 Å². The molecule has 0 unspecified atom stereocenters. The molecule has 0 aliphatic carbocycles.